The highest BCUT2D eigenvalue weighted by molar-refractivity contribution is 5.94. The van der Waals surface area contributed by atoms with Crippen LogP contribution < -0.4 is 15.4 Å². The third-order valence-corrected chi connectivity index (χ3v) is 7.70. The Morgan fingerprint density at radius 1 is 0.978 bits per heavy atom. The van der Waals surface area contributed by atoms with Crippen molar-refractivity contribution in [2.45, 2.75) is 64.6 Å². The van der Waals surface area contributed by atoms with Crippen LogP contribution in [-0.2, 0) is 4.74 Å². The Morgan fingerprint density at radius 2 is 1.63 bits per heavy atom. The highest BCUT2D eigenvalue weighted by atomic mass is 16.6. The minimum atomic E-state index is -1.07. The van der Waals surface area contributed by atoms with Gasteiger partial charge in [-0.3, -0.25) is 14.2 Å². The van der Waals surface area contributed by atoms with Gasteiger partial charge in [-0.05, 0) is 79.9 Å². The van der Waals surface area contributed by atoms with E-state index in [-0.39, 0.29) is 35.5 Å². The number of phenols is 2. The Morgan fingerprint density at radius 3 is 2.26 bits per heavy atom. The van der Waals surface area contributed by atoms with Crippen LogP contribution in [0.5, 0.6) is 23.0 Å². The third kappa shape index (κ3) is 6.81. The molecule has 13 heteroatoms. The smallest absolute Gasteiger partial charge is 0.289 e. The van der Waals surface area contributed by atoms with E-state index in [0.29, 0.717) is 40.4 Å². The van der Waals surface area contributed by atoms with Gasteiger partial charge in [0.15, 0.2) is 12.1 Å². The van der Waals surface area contributed by atoms with Crippen LogP contribution in [0, 0.1) is 0 Å². The lowest BCUT2D eigenvalue weighted by Crippen LogP contribution is -2.54. The van der Waals surface area contributed by atoms with Crippen LogP contribution in [-0.4, -0.2) is 78.1 Å². The maximum Gasteiger partial charge on any atom is 0.289 e. The highest BCUT2D eigenvalue weighted by Crippen LogP contribution is 2.38. The quantitative estimate of drug-likeness (QED) is 0.159. The van der Waals surface area contributed by atoms with Gasteiger partial charge in [0.2, 0.25) is 5.82 Å². The molecule has 1 aliphatic heterocycles. The number of nitrogens with one attached hydrogen (secondary N) is 2. The van der Waals surface area contributed by atoms with Gasteiger partial charge < -0.3 is 40.5 Å². The molecule has 2 heterocycles. The number of carbonyl (C=O) groups excluding carboxylic acids is 2. The molecule has 0 aliphatic carbocycles. The summed E-state index contributed by atoms with van der Waals surface area (Å²) in [5.74, 6) is -0.0214. The van der Waals surface area contributed by atoms with Gasteiger partial charge >= 0.3 is 0 Å². The molecule has 0 spiro atoms. The standard InChI is InChI=1S/C33H37N5O8/c1-5-34-33(44)31-37-36-30(24-14-23(17(2)3)26(39)16-27(24)40)38(31)20-8-12-22(13-9-20)46-21-10-6-19(7-11-21)32(43)35-25-15-28(41)45-18(4)29(25)42/h6-14,16-18,25,28-29,39-42H,5,15H2,1-4H3,(H,34,44)(H,35,43). The largest absolute Gasteiger partial charge is 0.508 e. The van der Waals surface area contributed by atoms with Crippen LogP contribution in [0.1, 0.15) is 66.6 Å². The molecular weight excluding hydrogens is 594 g/mol. The number of nitrogens with zero attached hydrogens (tertiary/aromatic N) is 3. The van der Waals surface area contributed by atoms with E-state index in [0.717, 1.165) is 0 Å². The van der Waals surface area contributed by atoms with E-state index in [2.05, 4.69) is 20.8 Å². The van der Waals surface area contributed by atoms with Gasteiger partial charge in [-0.25, -0.2) is 0 Å². The number of amides is 2. The van der Waals surface area contributed by atoms with Crippen LogP contribution in [0.2, 0.25) is 0 Å². The van der Waals surface area contributed by atoms with Crippen molar-refractivity contribution in [3.05, 3.63) is 77.6 Å². The maximum absolute atomic E-state index is 12.9. The van der Waals surface area contributed by atoms with Gasteiger partial charge in [0, 0.05) is 30.3 Å². The number of benzene rings is 3. The third-order valence-electron chi connectivity index (χ3n) is 7.70. The Kier molecular flexibility index (Phi) is 9.56. The topological polar surface area (TPSA) is 188 Å². The van der Waals surface area contributed by atoms with E-state index in [1.165, 1.54) is 10.6 Å². The van der Waals surface area contributed by atoms with E-state index in [4.69, 9.17) is 9.47 Å². The van der Waals surface area contributed by atoms with E-state index in [9.17, 15) is 30.0 Å². The number of ether oxygens (including phenoxy) is 2. The first-order valence-electron chi connectivity index (χ1n) is 15.0. The molecule has 242 valence electrons. The number of aromatic hydroxyl groups is 2. The average molecular weight is 632 g/mol. The number of carbonyl (C=O) groups is 2. The maximum atomic E-state index is 12.9. The lowest BCUT2D eigenvalue weighted by atomic mass is 9.98. The fraction of sp³-hybridized carbons (Fsp3) is 0.333. The Labute approximate surface area is 265 Å². The average Bonchev–Trinajstić information content (AvgIpc) is 3.45. The van der Waals surface area contributed by atoms with Crippen LogP contribution in [0.3, 0.4) is 0 Å². The summed E-state index contributed by atoms with van der Waals surface area (Å²) in [5, 5.41) is 55.0. The molecule has 4 unspecified atom stereocenters. The molecule has 1 aromatic heterocycles. The number of aliphatic hydroxyl groups is 2. The molecule has 0 radical (unpaired) electrons. The van der Waals surface area contributed by atoms with Crippen molar-refractivity contribution < 1.29 is 39.5 Å². The number of phenolic OH excluding ortho intramolecular Hbond substituents is 2. The molecule has 4 aromatic rings. The predicted octanol–water partition coefficient (Wildman–Crippen LogP) is 3.60. The molecule has 6 N–H and O–H groups in total. The van der Waals surface area contributed by atoms with Gasteiger partial charge in [0.1, 0.15) is 29.1 Å². The second-order valence-electron chi connectivity index (χ2n) is 11.3. The molecule has 0 saturated carbocycles. The highest BCUT2D eigenvalue weighted by Gasteiger charge is 2.35. The molecule has 13 nitrogen and oxygen atoms in total. The number of aliphatic hydroxyl groups excluding tert-OH is 2. The molecule has 1 saturated heterocycles. The zero-order valence-electron chi connectivity index (χ0n) is 25.8. The van der Waals surface area contributed by atoms with Crippen molar-refractivity contribution in [2.24, 2.45) is 0 Å². The van der Waals surface area contributed by atoms with Gasteiger partial charge in [-0.15, -0.1) is 10.2 Å². The summed E-state index contributed by atoms with van der Waals surface area (Å²) in [6.45, 7) is 7.60. The second kappa shape index (κ2) is 13.6. The summed E-state index contributed by atoms with van der Waals surface area (Å²) in [4.78, 5) is 25.7. The van der Waals surface area contributed by atoms with Crippen molar-refractivity contribution in [3.8, 4) is 40.1 Å². The zero-order chi connectivity index (χ0) is 33.1. The monoisotopic (exact) mass is 631 g/mol. The fourth-order valence-corrected chi connectivity index (χ4v) is 5.26. The van der Waals surface area contributed by atoms with Crippen molar-refractivity contribution in [2.75, 3.05) is 6.54 Å². The fourth-order valence-electron chi connectivity index (χ4n) is 5.26. The lowest BCUT2D eigenvalue weighted by molar-refractivity contribution is -0.201. The molecule has 3 aromatic carbocycles. The van der Waals surface area contributed by atoms with E-state index in [1.54, 1.807) is 68.4 Å². The van der Waals surface area contributed by atoms with Crippen molar-refractivity contribution in [1.29, 1.82) is 0 Å². The van der Waals surface area contributed by atoms with Gasteiger partial charge in [0.05, 0.1) is 17.7 Å². The molecule has 0 bridgehead atoms. The minimum absolute atomic E-state index is 0.00944. The summed E-state index contributed by atoms with van der Waals surface area (Å²) in [6.07, 6.45) is -2.57. The van der Waals surface area contributed by atoms with Crippen LogP contribution >= 0.6 is 0 Å². The summed E-state index contributed by atoms with van der Waals surface area (Å²) >= 11 is 0. The minimum Gasteiger partial charge on any atom is -0.508 e. The first kappa shape index (κ1) is 32.4. The number of hydrogen-bond donors (Lipinski definition) is 6. The lowest BCUT2D eigenvalue weighted by Gasteiger charge is -2.36. The number of aromatic nitrogens is 3. The van der Waals surface area contributed by atoms with Crippen LogP contribution in [0.15, 0.2) is 60.7 Å². The van der Waals surface area contributed by atoms with Gasteiger partial charge in [-0.1, -0.05) is 13.8 Å². The van der Waals surface area contributed by atoms with Gasteiger partial charge in [-0.2, -0.15) is 0 Å². The Bertz CT molecular complexity index is 1700. The first-order valence-corrected chi connectivity index (χ1v) is 15.0. The molecule has 46 heavy (non-hydrogen) atoms. The summed E-state index contributed by atoms with van der Waals surface area (Å²) in [5.41, 5.74) is 1.77. The molecule has 5 rings (SSSR count). The first-order chi connectivity index (χ1) is 22.0. The SMILES string of the molecule is CCNC(=O)c1nnc(-c2cc(C(C)C)c(O)cc2O)n1-c1ccc(Oc2ccc(C(=O)NC3CC(O)OC(C)C3O)cc2)cc1. The predicted molar refractivity (Wildman–Crippen MR) is 167 cm³/mol. The van der Waals surface area contributed by atoms with Crippen LogP contribution in [0.4, 0.5) is 0 Å². The Balaban J connectivity index is 1.36. The molecule has 1 fully saturated rings. The number of hydrogen-bond acceptors (Lipinski definition) is 10. The van der Waals surface area contributed by atoms with Crippen molar-refractivity contribution in [1.82, 2.24) is 25.4 Å². The van der Waals surface area contributed by atoms with Crippen LogP contribution in [0.25, 0.3) is 17.1 Å². The number of rotatable bonds is 9. The molecule has 2 amide bonds. The summed E-state index contributed by atoms with van der Waals surface area (Å²) in [6, 6.07) is 15.5. The normalized spacial score (nSPS) is 19.5. The van der Waals surface area contributed by atoms with E-state index < -0.39 is 36.4 Å². The molecule has 4 atom stereocenters. The summed E-state index contributed by atoms with van der Waals surface area (Å²) in [7, 11) is 0. The molecule has 1 aliphatic rings. The van der Waals surface area contributed by atoms with Crippen molar-refractivity contribution >= 4 is 11.8 Å². The Hall–Kier alpha value is -4.98. The van der Waals surface area contributed by atoms with Crippen molar-refractivity contribution in [3.63, 3.8) is 0 Å². The second-order valence-corrected chi connectivity index (χ2v) is 11.3. The summed E-state index contributed by atoms with van der Waals surface area (Å²) < 4.78 is 12.7. The van der Waals surface area contributed by atoms with E-state index in [1.807, 2.05) is 13.8 Å². The zero-order valence-corrected chi connectivity index (χ0v) is 25.8. The molecular formula is C33H37N5O8. The van der Waals surface area contributed by atoms with Gasteiger partial charge in [0.25, 0.3) is 11.8 Å². The van der Waals surface area contributed by atoms with E-state index >= 15 is 0 Å².